The fraction of sp³-hybridized carbons (Fsp3) is 0. The molecule has 0 fully saturated rings. The second-order valence-electron chi connectivity index (χ2n) is 9.62. The number of phenols is 2. The summed E-state index contributed by atoms with van der Waals surface area (Å²) in [5, 5.41) is 23.9. The number of rotatable bonds is 5. The van der Waals surface area contributed by atoms with Crippen LogP contribution in [0.2, 0.25) is 0 Å². The Balaban J connectivity index is 1.72. The molecule has 0 unspecified atom stereocenters. The van der Waals surface area contributed by atoms with E-state index < -0.39 is 0 Å². The largest absolute Gasteiger partial charge is 0.506 e. The van der Waals surface area contributed by atoms with Gasteiger partial charge in [-0.05, 0) is 57.9 Å². The van der Waals surface area contributed by atoms with E-state index in [2.05, 4.69) is 11.8 Å². The maximum atomic E-state index is 10.3. The zero-order valence-electron chi connectivity index (χ0n) is 22.3. The third kappa shape index (κ3) is 4.50. The summed E-state index contributed by atoms with van der Waals surface area (Å²) in [5.41, 5.74) is 14.8. The molecule has 6 nitrogen and oxygen atoms in total. The molecule has 0 aliphatic carbocycles. The Morgan fingerprint density at radius 3 is 1.26 bits per heavy atom. The van der Waals surface area contributed by atoms with Gasteiger partial charge in [0.1, 0.15) is 34.5 Å². The number of fused-ring (bicyclic) bond motifs is 2. The van der Waals surface area contributed by atoms with Gasteiger partial charge in [0, 0.05) is 34.4 Å². The number of anilines is 2. The van der Waals surface area contributed by atoms with Crippen LogP contribution in [0, 0.1) is 24.7 Å². The summed E-state index contributed by atoms with van der Waals surface area (Å²) in [5.74, 6) is 6.89. The van der Waals surface area contributed by atoms with Gasteiger partial charge in [0.25, 0.3) is 0 Å². The average molecular weight is 549 g/mol. The number of hydrogen-bond acceptors (Lipinski definition) is 6. The fourth-order valence-corrected chi connectivity index (χ4v) is 5.04. The Morgan fingerprint density at radius 1 is 0.524 bits per heavy atom. The normalized spacial score (nSPS) is 10.7. The molecule has 42 heavy (non-hydrogen) atoms. The third-order valence-corrected chi connectivity index (χ3v) is 7.04. The minimum Gasteiger partial charge on any atom is -0.506 e. The first-order valence-electron chi connectivity index (χ1n) is 13.0. The lowest BCUT2D eigenvalue weighted by molar-refractivity contribution is 0.454. The minimum atomic E-state index is -0.108. The Labute approximate surface area is 242 Å². The zero-order chi connectivity index (χ0) is 29.4. The van der Waals surface area contributed by atoms with Crippen LogP contribution in [0.4, 0.5) is 11.4 Å². The highest BCUT2D eigenvalue weighted by molar-refractivity contribution is 6.12. The molecule has 6 N–H and O–H groups in total. The molecule has 0 spiro atoms. The first-order valence-corrected chi connectivity index (χ1v) is 13.0. The van der Waals surface area contributed by atoms with Gasteiger partial charge in [-0.25, -0.2) is 0 Å². The molecule has 0 radical (unpaired) electrons. The van der Waals surface area contributed by atoms with E-state index >= 15 is 0 Å². The SMILES string of the molecule is C#Cc1cc(Oc2ccc(N)c(O)c2)c(-c2c(Oc3ccc(N)c(O)c3)cc(C#C)c3ccccc23)c2ccccc12. The van der Waals surface area contributed by atoms with E-state index in [9.17, 15) is 10.2 Å². The summed E-state index contributed by atoms with van der Waals surface area (Å²) in [6.45, 7) is 0. The van der Waals surface area contributed by atoms with Gasteiger partial charge in [-0.1, -0.05) is 60.4 Å². The number of nitrogens with two attached hydrogens (primary N) is 2. The Hall–Kier alpha value is -6.24. The number of hydrogen-bond donors (Lipinski definition) is 4. The number of terminal acetylenes is 2. The molecule has 0 saturated carbocycles. The molecule has 202 valence electrons. The molecule has 0 atom stereocenters. The minimum absolute atomic E-state index is 0.108. The molecule has 6 rings (SSSR count). The monoisotopic (exact) mass is 548 g/mol. The molecule has 0 bridgehead atoms. The maximum absolute atomic E-state index is 10.3. The third-order valence-electron chi connectivity index (χ3n) is 7.04. The summed E-state index contributed by atoms with van der Waals surface area (Å²) in [7, 11) is 0. The first-order chi connectivity index (χ1) is 20.4. The number of aromatic hydroxyl groups is 2. The van der Waals surface area contributed by atoms with Crippen LogP contribution in [-0.2, 0) is 0 Å². The molecule has 0 aliphatic heterocycles. The Bertz CT molecular complexity index is 1970. The van der Waals surface area contributed by atoms with Crippen LogP contribution in [0.25, 0.3) is 32.7 Å². The van der Waals surface area contributed by atoms with Gasteiger partial charge in [-0.2, -0.15) is 0 Å². The van der Waals surface area contributed by atoms with Gasteiger partial charge in [-0.3, -0.25) is 0 Å². The number of benzene rings is 6. The summed E-state index contributed by atoms with van der Waals surface area (Å²) >= 11 is 0. The lowest BCUT2D eigenvalue weighted by Crippen LogP contribution is -1.98. The van der Waals surface area contributed by atoms with Crippen molar-refractivity contribution in [3.63, 3.8) is 0 Å². The van der Waals surface area contributed by atoms with Crippen molar-refractivity contribution >= 4 is 32.9 Å². The molecular weight excluding hydrogens is 524 g/mol. The smallest absolute Gasteiger partial charge is 0.142 e. The van der Waals surface area contributed by atoms with Crippen LogP contribution >= 0.6 is 0 Å². The van der Waals surface area contributed by atoms with Gasteiger partial charge in [0.05, 0.1) is 11.4 Å². The predicted octanol–water partition coefficient (Wildman–Crippen LogP) is 7.78. The van der Waals surface area contributed by atoms with Crippen LogP contribution in [0.1, 0.15) is 11.1 Å². The summed E-state index contributed by atoms with van der Waals surface area (Å²) in [6.07, 6.45) is 11.9. The van der Waals surface area contributed by atoms with Gasteiger partial charge in [0.15, 0.2) is 0 Å². The average Bonchev–Trinajstić information content (AvgIpc) is 3.00. The van der Waals surface area contributed by atoms with Crippen LogP contribution in [0.3, 0.4) is 0 Å². The molecule has 0 aliphatic rings. The Kier molecular flexibility index (Phi) is 6.43. The first kappa shape index (κ1) is 26.0. The molecule has 0 heterocycles. The highest BCUT2D eigenvalue weighted by Crippen LogP contribution is 2.49. The Morgan fingerprint density at radius 2 is 0.905 bits per heavy atom. The van der Waals surface area contributed by atoms with E-state index in [-0.39, 0.29) is 22.9 Å². The zero-order valence-corrected chi connectivity index (χ0v) is 22.3. The molecule has 6 heteroatoms. The van der Waals surface area contributed by atoms with Crippen LogP contribution in [0.5, 0.6) is 34.5 Å². The lowest BCUT2D eigenvalue weighted by Gasteiger charge is -2.21. The van der Waals surface area contributed by atoms with Gasteiger partial charge < -0.3 is 31.2 Å². The summed E-state index contributed by atoms with van der Waals surface area (Å²) < 4.78 is 12.9. The van der Waals surface area contributed by atoms with Crippen LogP contribution < -0.4 is 20.9 Å². The molecular formula is C36H24N2O4. The van der Waals surface area contributed by atoms with Gasteiger partial charge in [-0.15, -0.1) is 12.8 Å². The van der Waals surface area contributed by atoms with Crippen molar-refractivity contribution in [1.29, 1.82) is 0 Å². The van der Waals surface area contributed by atoms with E-state index in [0.29, 0.717) is 45.3 Å². The maximum Gasteiger partial charge on any atom is 0.142 e. The topological polar surface area (TPSA) is 111 Å². The van der Waals surface area contributed by atoms with Crippen LogP contribution in [0.15, 0.2) is 97.1 Å². The number of ether oxygens (including phenoxy) is 2. The summed E-state index contributed by atoms with van der Waals surface area (Å²) in [4.78, 5) is 0. The molecule has 6 aromatic carbocycles. The van der Waals surface area contributed by atoms with Gasteiger partial charge >= 0.3 is 0 Å². The van der Waals surface area contributed by atoms with Gasteiger partial charge in [0.2, 0.25) is 0 Å². The van der Waals surface area contributed by atoms with Crippen molar-refractivity contribution < 1.29 is 19.7 Å². The van der Waals surface area contributed by atoms with Crippen molar-refractivity contribution in [2.24, 2.45) is 0 Å². The predicted molar refractivity (Wildman–Crippen MR) is 168 cm³/mol. The quantitative estimate of drug-likeness (QED) is 0.0994. The molecule has 0 saturated heterocycles. The van der Waals surface area contributed by atoms with Crippen molar-refractivity contribution in [2.75, 3.05) is 11.5 Å². The van der Waals surface area contributed by atoms with Crippen molar-refractivity contribution in [3.8, 4) is 70.3 Å². The van der Waals surface area contributed by atoms with E-state index in [1.165, 1.54) is 12.1 Å². The van der Waals surface area contributed by atoms with Crippen molar-refractivity contribution in [1.82, 2.24) is 0 Å². The fourth-order valence-electron chi connectivity index (χ4n) is 5.04. The van der Waals surface area contributed by atoms with Crippen molar-refractivity contribution in [3.05, 3.63) is 108 Å². The van der Waals surface area contributed by atoms with Crippen molar-refractivity contribution in [2.45, 2.75) is 0 Å². The van der Waals surface area contributed by atoms with Crippen LogP contribution in [-0.4, -0.2) is 10.2 Å². The second kappa shape index (κ2) is 10.4. The van der Waals surface area contributed by atoms with E-state index in [0.717, 1.165) is 21.5 Å². The summed E-state index contributed by atoms with van der Waals surface area (Å²) in [6, 6.07) is 28.4. The number of nitrogen functional groups attached to an aromatic ring is 2. The van der Waals surface area contributed by atoms with E-state index in [1.807, 2.05) is 48.5 Å². The highest BCUT2D eigenvalue weighted by Gasteiger charge is 2.23. The van der Waals surface area contributed by atoms with E-state index in [1.54, 1.807) is 36.4 Å². The molecule has 0 amide bonds. The standard InChI is InChI=1S/C36H24N2O4/c1-3-21-17-33(41-23-13-15-29(37)31(39)19-23)35(27-11-7-5-9-25(21)27)36-28-12-8-6-10-26(28)22(4-2)18-34(36)42-24-14-16-30(38)32(40)20-24/h1-2,5-20,39-40H,37-38H2. The highest BCUT2D eigenvalue weighted by atomic mass is 16.5. The second-order valence-corrected chi connectivity index (χ2v) is 9.62. The lowest BCUT2D eigenvalue weighted by atomic mass is 9.89. The molecule has 0 aromatic heterocycles. The van der Waals surface area contributed by atoms with E-state index in [4.69, 9.17) is 33.8 Å². The molecule has 6 aromatic rings. The number of phenolic OH excluding ortho intramolecular Hbond substituents is 2.